The Morgan fingerprint density at radius 2 is 2.40 bits per heavy atom. The lowest BCUT2D eigenvalue weighted by atomic mass is 10.1. The van der Waals surface area contributed by atoms with Crippen LogP contribution in [0.4, 0.5) is 0 Å². The van der Waals surface area contributed by atoms with Gasteiger partial charge < -0.3 is 5.11 Å². The minimum atomic E-state index is -0.739. The first-order chi connectivity index (χ1) is 4.68. The number of carboxylic acids is 1. The molecule has 0 aromatic rings. The molecule has 1 atom stereocenters. The highest BCUT2D eigenvalue weighted by molar-refractivity contribution is 5.69. The minimum absolute atomic E-state index is 0.256. The summed E-state index contributed by atoms with van der Waals surface area (Å²) in [6.07, 6.45) is 7.16. The van der Waals surface area contributed by atoms with Crippen molar-refractivity contribution in [1.29, 1.82) is 0 Å². The average molecular weight is 140 g/mol. The highest BCUT2D eigenvalue weighted by atomic mass is 16.4. The third-order valence-corrected chi connectivity index (χ3v) is 1.38. The van der Waals surface area contributed by atoms with Crippen molar-refractivity contribution in [2.75, 3.05) is 0 Å². The monoisotopic (exact) mass is 140 g/mol. The smallest absolute Gasteiger partial charge is 0.306 e. The molecule has 0 heterocycles. The molecular formula is C8H12O2. The van der Waals surface area contributed by atoms with Gasteiger partial charge in [-0.25, -0.2) is 0 Å². The van der Waals surface area contributed by atoms with Crippen LogP contribution in [0.3, 0.4) is 0 Å². The van der Waals surface area contributed by atoms with Gasteiger partial charge >= 0.3 is 5.97 Å². The van der Waals surface area contributed by atoms with Gasteiger partial charge in [0.1, 0.15) is 0 Å². The molecule has 0 saturated carbocycles. The number of hydrogen-bond donors (Lipinski definition) is 1. The van der Waals surface area contributed by atoms with E-state index in [9.17, 15) is 4.79 Å². The largest absolute Gasteiger partial charge is 0.481 e. The SMILES string of the molecule is C#CCCCC(C)C(=O)O. The van der Waals surface area contributed by atoms with Gasteiger partial charge in [-0.1, -0.05) is 6.92 Å². The maximum absolute atomic E-state index is 10.2. The lowest BCUT2D eigenvalue weighted by Crippen LogP contribution is -2.08. The van der Waals surface area contributed by atoms with Crippen molar-refractivity contribution in [1.82, 2.24) is 0 Å². The summed E-state index contributed by atoms with van der Waals surface area (Å²) in [4.78, 5) is 10.2. The summed E-state index contributed by atoms with van der Waals surface area (Å²) in [6, 6.07) is 0. The second-order valence-electron chi connectivity index (χ2n) is 2.34. The molecule has 0 aromatic heterocycles. The molecule has 0 saturated heterocycles. The van der Waals surface area contributed by atoms with Crippen molar-refractivity contribution < 1.29 is 9.90 Å². The van der Waals surface area contributed by atoms with E-state index in [1.165, 1.54) is 0 Å². The molecule has 2 heteroatoms. The molecule has 0 amide bonds. The Kier molecular flexibility index (Phi) is 4.39. The molecule has 0 radical (unpaired) electrons. The second kappa shape index (κ2) is 4.87. The Bertz CT molecular complexity index is 144. The van der Waals surface area contributed by atoms with Crippen molar-refractivity contribution in [2.45, 2.75) is 26.2 Å². The summed E-state index contributed by atoms with van der Waals surface area (Å²) >= 11 is 0. The summed E-state index contributed by atoms with van der Waals surface area (Å²) in [5.41, 5.74) is 0. The van der Waals surface area contributed by atoms with E-state index in [0.717, 1.165) is 6.42 Å². The van der Waals surface area contributed by atoms with E-state index in [2.05, 4.69) is 5.92 Å². The van der Waals surface area contributed by atoms with Crippen LogP contribution in [0, 0.1) is 18.3 Å². The number of carboxylic acid groups (broad SMARTS) is 1. The average Bonchev–Trinajstić information content (AvgIpc) is 1.88. The van der Waals surface area contributed by atoms with E-state index < -0.39 is 5.97 Å². The normalized spacial score (nSPS) is 12.0. The van der Waals surface area contributed by atoms with Crippen LogP contribution in [0.15, 0.2) is 0 Å². The molecule has 1 N–H and O–H groups in total. The van der Waals surface area contributed by atoms with Gasteiger partial charge in [0.2, 0.25) is 0 Å². The van der Waals surface area contributed by atoms with Gasteiger partial charge in [-0.2, -0.15) is 0 Å². The molecule has 0 aliphatic heterocycles. The first-order valence-electron chi connectivity index (χ1n) is 3.34. The van der Waals surface area contributed by atoms with Gasteiger partial charge in [-0.15, -0.1) is 12.3 Å². The van der Waals surface area contributed by atoms with Crippen molar-refractivity contribution in [3.8, 4) is 12.3 Å². The second-order valence-corrected chi connectivity index (χ2v) is 2.34. The molecule has 1 unspecified atom stereocenters. The molecule has 0 aliphatic carbocycles. The summed E-state index contributed by atoms with van der Waals surface area (Å²) in [7, 11) is 0. The van der Waals surface area contributed by atoms with Crippen LogP contribution in [0.5, 0.6) is 0 Å². The van der Waals surface area contributed by atoms with E-state index in [1.54, 1.807) is 6.92 Å². The summed E-state index contributed by atoms with van der Waals surface area (Å²) in [6.45, 7) is 1.69. The van der Waals surface area contributed by atoms with Gasteiger partial charge in [0.25, 0.3) is 0 Å². The van der Waals surface area contributed by atoms with Crippen LogP contribution >= 0.6 is 0 Å². The van der Waals surface area contributed by atoms with Crippen LogP contribution in [-0.2, 0) is 4.79 Å². The van der Waals surface area contributed by atoms with E-state index in [4.69, 9.17) is 11.5 Å². The zero-order valence-corrected chi connectivity index (χ0v) is 6.13. The molecule has 0 bridgehead atoms. The number of hydrogen-bond acceptors (Lipinski definition) is 1. The molecule has 0 spiro atoms. The number of rotatable bonds is 4. The van der Waals surface area contributed by atoms with Gasteiger partial charge in [0, 0.05) is 6.42 Å². The van der Waals surface area contributed by atoms with Crippen LogP contribution in [0.2, 0.25) is 0 Å². The number of unbranched alkanes of at least 4 members (excludes halogenated alkanes) is 1. The molecule has 2 nitrogen and oxygen atoms in total. The fourth-order valence-corrected chi connectivity index (χ4v) is 0.634. The zero-order chi connectivity index (χ0) is 7.98. The molecule has 56 valence electrons. The maximum Gasteiger partial charge on any atom is 0.306 e. The molecule has 0 aromatic carbocycles. The minimum Gasteiger partial charge on any atom is -0.481 e. The standard InChI is InChI=1S/C8H12O2/c1-3-4-5-6-7(2)8(9)10/h1,7H,4-6H2,2H3,(H,9,10). The topological polar surface area (TPSA) is 37.3 Å². The quantitative estimate of drug-likeness (QED) is 0.474. The Morgan fingerprint density at radius 3 is 2.80 bits per heavy atom. The van der Waals surface area contributed by atoms with Gasteiger partial charge in [-0.05, 0) is 12.8 Å². The van der Waals surface area contributed by atoms with Crippen molar-refractivity contribution in [2.24, 2.45) is 5.92 Å². The zero-order valence-electron chi connectivity index (χ0n) is 6.13. The maximum atomic E-state index is 10.2. The Morgan fingerprint density at radius 1 is 1.80 bits per heavy atom. The van der Waals surface area contributed by atoms with Crippen LogP contribution in [0.1, 0.15) is 26.2 Å². The summed E-state index contributed by atoms with van der Waals surface area (Å²) < 4.78 is 0. The highest BCUT2D eigenvalue weighted by Crippen LogP contribution is 2.06. The first-order valence-corrected chi connectivity index (χ1v) is 3.34. The van der Waals surface area contributed by atoms with E-state index >= 15 is 0 Å². The Balaban J connectivity index is 3.32. The lowest BCUT2D eigenvalue weighted by Gasteiger charge is -2.01. The molecular weight excluding hydrogens is 128 g/mol. The lowest BCUT2D eigenvalue weighted by molar-refractivity contribution is -0.141. The predicted octanol–water partition coefficient (Wildman–Crippen LogP) is 1.51. The van der Waals surface area contributed by atoms with Crippen molar-refractivity contribution in [3.63, 3.8) is 0 Å². The van der Waals surface area contributed by atoms with Gasteiger partial charge in [-0.3, -0.25) is 4.79 Å². The Labute approximate surface area is 61.2 Å². The third kappa shape index (κ3) is 3.96. The third-order valence-electron chi connectivity index (χ3n) is 1.38. The van der Waals surface area contributed by atoms with Crippen LogP contribution < -0.4 is 0 Å². The number of carbonyl (C=O) groups is 1. The Hall–Kier alpha value is -0.970. The molecule has 0 fully saturated rings. The number of aliphatic carboxylic acids is 1. The fourth-order valence-electron chi connectivity index (χ4n) is 0.634. The van der Waals surface area contributed by atoms with E-state index in [1.807, 2.05) is 0 Å². The molecule has 0 aliphatic rings. The highest BCUT2D eigenvalue weighted by Gasteiger charge is 2.08. The first kappa shape index (κ1) is 9.03. The molecule has 0 rings (SSSR count). The van der Waals surface area contributed by atoms with Crippen molar-refractivity contribution >= 4 is 5.97 Å². The van der Waals surface area contributed by atoms with Gasteiger partial charge in [0.05, 0.1) is 5.92 Å². The van der Waals surface area contributed by atoms with Gasteiger partial charge in [0.15, 0.2) is 0 Å². The number of terminal acetylenes is 1. The fraction of sp³-hybridized carbons (Fsp3) is 0.625. The van der Waals surface area contributed by atoms with Crippen LogP contribution in [-0.4, -0.2) is 11.1 Å². The van der Waals surface area contributed by atoms with E-state index in [0.29, 0.717) is 12.8 Å². The molecule has 10 heavy (non-hydrogen) atoms. The van der Waals surface area contributed by atoms with Crippen molar-refractivity contribution in [3.05, 3.63) is 0 Å². The predicted molar refractivity (Wildman–Crippen MR) is 39.5 cm³/mol. The summed E-state index contributed by atoms with van der Waals surface area (Å²) in [5, 5.41) is 8.43. The van der Waals surface area contributed by atoms with E-state index in [-0.39, 0.29) is 5.92 Å². The van der Waals surface area contributed by atoms with Crippen LogP contribution in [0.25, 0.3) is 0 Å². The summed E-state index contributed by atoms with van der Waals surface area (Å²) in [5.74, 6) is 1.47.